The Morgan fingerprint density at radius 3 is 2.39 bits per heavy atom. The van der Waals surface area contributed by atoms with Crippen LogP contribution in [0.2, 0.25) is 0 Å². The Morgan fingerprint density at radius 2 is 1.79 bits per heavy atom. The number of hydrogen-bond donors (Lipinski definition) is 2. The van der Waals surface area contributed by atoms with Crippen LogP contribution < -0.4 is 19.5 Å². The highest BCUT2D eigenvalue weighted by Crippen LogP contribution is 2.25. The summed E-state index contributed by atoms with van der Waals surface area (Å²) in [4.78, 5) is 12.6. The van der Waals surface area contributed by atoms with Crippen molar-refractivity contribution >= 4 is 21.6 Å². The molecule has 0 saturated heterocycles. The normalized spacial score (nSPS) is 12.3. The lowest BCUT2D eigenvalue weighted by Gasteiger charge is -2.17. The van der Waals surface area contributed by atoms with Crippen molar-refractivity contribution in [1.82, 2.24) is 4.72 Å². The Balaban J connectivity index is 2.14. The third-order valence-corrected chi connectivity index (χ3v) is 5.63. The topological polar surface area (TPSA) is 93.7 Å². The molecule has 0 radical (unpaired) electrons. The van der Waals surface area contributed by atoms with Gasteiger partial charge in [-0.05, 0) is 69.2 Å². The molecule has 0 aliphatic heterocycles. The van der Waals surface area contributed by atoms with Crippen molar-refractivity contribution in [1.29, 1.82) is 0 Å². The van der Waals surface area contributed by atoms with E-state index in [1.807, 2.05) is 19.9 Å². The van der Waals surface area contributed by atoms with E-state index < -0.39 is 22.0 Å². The van der Waals surface area contributed by atoms with Gasteiger partial charge in [0, 0.05) is 0 Å². The molecular formula is C20H26N2O5S. The number of amides is 1. The highest BCUT2D eigenvalue weighted by atomic mass is 32.2. The summed E-state index contributed by atoms with van der Waals surface area (Å²) < 4.78 is 38.3. The first-order valence-electron chi connectivity index (χ1n) is 8.89. The van der Waals surface area contributed by atoms with Crippen LogP contribution in [0.3, 0.4) is 0 Å². The minimum Gasteiger partial charge on any atom is -0.495 e. The number of benzene rings is 2. The van der Waals surface area contributed by atoms with E-state index in [1.165, 1.54) is 26.2 Å². The summed E-state index contributed by atoms with van der Waals surface area (Å²) in [7, 11) is -2.37. The molecule has 0 aromatic heterocycles. The standard InChI is InChI=1S/C20H26N2O5S/c1-6-27-18-10-8-16(12-14(18)3)28(24,25)22-15(4)20(23)21-17-11-13(2)7-9-19(17)26-5/h7-12,15,22H,6H2,1-5H3,(H,21,23)/t15-/m1/s1. The van der Waals surface area contributed by atoms with E-state index in [4.69, 9.17) is 9.47 Å². The SMILES string of the molecule is CCOc1ccc(S(=O)(=O)N[C@H](C)C(=O)Nc2cc(C)ccc2OC)cc1C. The highest BCUT2D eigenvalue weighted by molar-refractivity contribution is 7.89. The number of carbonyl (C=O) groups is 1. The van der Waals surface area contributed by atoms with E-state index in [1.54, 1.807) is 25.1 Å². The number of aryl methyl sites for hydroxylation is 2. The summed E-state index contributed by atoms with van der Waals surface area (Å²) in [6.07, 6.45) is 0. The molecule has 152 valence electrons. The molecule has 0 bridgehead atoms. The smallest absolute Gasteiger partial charge is 0.242 e. The summed E-state index contributed by atoms with van der Waals surface area (Å²) in [5, 5.41) is 2.70. The Bertz CT molecular complexity index is 957. The summed E-state index contributed by atoms with van der Waals surface area (Å²) in [5.74, 6) is 0.630. The fraction of sp³-hybridized carbons (Fsp3) is 0.350. The molecule has 28 heavy (non-hydrogen) atoms. The number of methoxy groups -OCH3 is 1. The number of nitrogens with one attached hydrogen (secondary N) is 2. The second-order valence-corrected chi connectivity index (χ2v) is 8.11. The lowest BCUT2D eigenvalue weighted by Crippen LogP contribution is -2.41. The highest BCUT2D eigenvalue weighted by Gasteiger charge is 2.23. The van der Waals surface area contributed by atoms with E-state index >= 15 is 0 Å². The van der Waals surface area contributed by atoms with Gasteiger partial charge in [-0.3, -0.25) is 4.79 Å². The van der Waals surface area contributed by atoms with Gasteiger partial charge in [0.25, 0.3) is 0 Å². The fourth-order valence-corrected chi connectivity index (χ4v) is 3.91. The molecule has 2 rings (SSSR count). The predicted molar refractivity (Wildman–Crippen MR) is 108 cm³/mol. The molecule has 0 unspecified atom stereocenters. The van der Waals surface area contributed by atoms with Crippen LogP contribution in [0, 0.1) is 13.8 Å². The van der Waals surface area contributed by atoms with Crippen molar-refractivity contribution in [3.05, 3.63) is 47.5 Å². The Kier molecular flexibility index (Phi) is 7.04. The van der Waals surface area contributed by atoms with Crippen molar-refractivity contribution < 1.29 is 22.7 Å². The molecule has 2 aromatic rings. The lowest BCUT2D eigenvalue weighted by molar-refractivity contribution is -0.117. The summed E-state index contributed by atoms with van der Waals surface area (Å²) >= 11 is 0. The van der Waals surface area contributed by atoms with Gasteiger partial charge in [0.1, 0.15) is 11.5 Å². The van der Waals surface area contributed by atoms with Crippen molar-refractivity contribution in [2.24, 2.45) is 0 Å². The van der Waals surface area contributed by atoms with Crippen LogP contribution in [0.25, 0.3) is 0 Å². The summed E-state index contributed by atoms with van der Waals surface area (Å²) in [6, 6.07) is 8.94. The monoisotopic (exact) mass is 406 g/mol. The van der Waals surface area contributed by atoms with Gasteiger partial charge in [0.05, 0.1) is 30.3 Å². The maximum atomic E-state index is 12.6. The Morgan fingerprint density at radius 1 is 1.11 bits per heavy atom. The molecule has 2 aromatic carbocycles. The molecule has 8 heteroatoms. The third kappa shape index (κ3) is 5.24. The van der Waals surface area contributed by atoms with Crippen LogP contribution in [-0.4, -0.2) is 34.1 Å². The van der Waals surface area contributed by atoms with E-state index in [2.05, 4.69) is 10.0 Å². The number of hydrogen-bond acceptors (Lipinski definition) is 5. The summed E-state index contributed by atoms with van der Waals surface area (Å²) in [5.41, 5.74) is 2.12. The fourth-order valence-electron chi connectivity index (χ4n) is 2.62. The van der Waals surface area contributed by atoms with Crippen LogP contribution in [0.15, 0.2) is 41.3 Å². The zero-order valence-electron chi connectivity index (χ0n) is 16.7. The minimum absolute atomic E-state index is 0.0706. The first kappa shape index (κ1) is 21.7. The first-order valence-corrected chi connectivity index (χ1v) is 10.4. The van der Waals surface area contributed by atoms with Gasteiger partial charge in [-0.25, -0.2) is 8.42 Å². The Labute approximate surface area is 166 Å². The van der Waals surface area contributed by atoms with Crippen molar-refractivity contribution in [3.8, 4) is 11.5 Å². The van der Waals surface area contributed by atoms with Crippen molar-refractivity contribution in [2.45, 2.75) is 38.6 Å². The molecular weight excluding hydrogens is 380 g/mol. The third-order valence-electron chi connectivity index (χ3n) is 4.09. The van der Waals surface area contributed by atoms with Crippen LogP contribution in [0.1, 0.15) is 25.0 Å². The lowest BCUT2D eigenvalue weighted by atomic mass is 10.2. The predicted octanol–water partition coefficient (Wildman–Crippen LogP) is 3.02. The van der Waals surface area contributed by atoms with Gasteiger partial charge in [-0.1, -0.05) is 6.07 Å². The quantitative estimate of drug-likeness (QED) is 0.703. The van der Waals surface area contributed by atoms with Crippen molar-refractivity contribution in [2.75, 3.05) is 19.0 Å². The number of anilines is 1. The number of carbonyl (C=O) groups excluding carboxylic acids is 1. The van der Waals surface area contributed by atoms with Gasteiger partial charge in [-0.2, -0.15) is 4.72 Å². The molecule has 0 saturated carbocycles. The molecule has 0 aliphatic rings. The van der Waals surface area contributed by atoms with Gasteiger partial charge in [-0.15, -0.1) is 0 Å². The number of sulfonamides is 1. The van der Waals surface area contributed by atoms with Gasteiger partial charge < -0.3 is 14.8 Å². The molecule has 0 aliphatic carbocycles. The number of ether oxygens (including phenoxy) is 2. The minimum atomic E-state index is -3.87. The van der Waals surface area contributed by atoms with Gasteiger partial charge in [0.15, 0.2) is 0 Å². The van der Waals surface area contributed by atoms with Crippen LogP contribution >= 0.6 is 0 Å². The van der Waals surface area contributed by atoms with Gasteiger partial charge >= 0.3 is 0 Å². The van der Waals surface area contributed by atoms with Crippen LogP contribution in [0.5, 0.6) is 11.5 Å². The molecule has 7 nitrogen and oxygen atoms in total. The zero-order chi connectivity index (χ0) is 20.9. The van der Waals surface area contributed by atoms with Crippen LogP contribution in [-0.2, 0) is 14.8 Å². The van der Waals surface area contributed by atoms with E-state index in [0.717, 1.165) is 5.56 Å². The van der Waals surface area contributed by atoms with E-state index in [9.17, 15) is 13.2 Å². The zero-order valence-corrected chi connectivity index (χ0v) is 17.5. The van der Waals surface area contributed by atoms with Crippen LogP contribution in [0.4, 0.5) is 5.69 Å². The average molecular weight is 407 g/mol. The Hall–Kier alpha value is -2.58. The average Bonchev–Trinajstić information content (AvgIpc) is 2.63. The van der Waals surface area contributed by atoms with E-state index in [0.29, 0.717) is 29.4 Å². The molecule has 0 fully saturated rings. The second-order valence-electron chi connectivity index (χ2n) is 6.40. The molecule has 0 spiro atoms. The molecule has 1 atom stereocenters. The van der Waals surface area contributed by atoms with Gasteiger partial charge in [0.2, 0.25) is 15.9 Å². The largest absolute Gasteiger partial charge is 0.495 e. The molecule has 0 heterocycles. The maximum absolute atomic E-state index is 12.6. The molecule has 2 N–H and O–H groups in total. The molecule has 1 amide bonds. The van der Waals surface area contributed by atoms with E-state index in [-0.39, 0.29) is 4.90 Å². The second kappa shape index (κ2) is 9.07. The van der Waals surface area contributed by atoms with Crippen molar-refractivity contribution in [3.63, 3.8) is 0 Å². The maximum Gasteiger partial charge on any atom is 0.242 e. The summed E-state index contributed by atoms with van der Waals surface area (Å²) in [6.45, 7) is 7.48. The first-order chi connectivity index (χ1) is 13.2. The number of rotatable bonds is 8.